The van der Waals surface area contributed by atoms with Crippen molar-refractivity contribution in [3.8, 4) is 0 Å². The molecule has 1 unspecified atom stereocenters. The second-order valence-electron chi connectivity index (χ2n) is 4.44. The summed E-state index contributed by atoms with van der Waals surface area (Å²) in [4.78, 5) is 27.2. The monoisotopic (exact) mass is 274 g/mol. The standard InChI is InChI=1S/C13H14N4O3/c1-8-3-9(5-14-4-8)12(18)16-11(13(19)20)10-6-15-17(2)7-10/h3-7,11H,1-2H3,(H,16,18)(H,19,20). The van der Waals surface area contributed by atoms with Gasteiger partial charge in [-0.05, 0) is 18.6 Å². The molecule has 2 aromatic rings. The number of carbonyl (C=O) groups is 2. The van der Waals surface area contributed by atoms with E-state index in [1.807, 2.05) is 0 Å². The van der Waals surface area contributed by atoms with Crippen LogP contribution in [0.4, 0.5) is 0 Å². The van der Waals surface area contributed by atoms with Gasteiger partial charge in [-0.15, -0.1) is 0 Å². The van der Waals surface area contributed by atoms with Gasteiger partial charge in [0, 0.05) is 31.2 Å². The third-order valence-corrected chi connectivity index (χ3v) is 2.72. The fourth-order valence-corrected chi connectivity index (χ4v) is 1.77. The molecule has 2 N–H and O–H groups in total. The van der Waals surface area contributed by atoms with Crippen LogP contribution in [0.25, 0.3) is 0 Å². The maximum atomic E-state index is 12.1. The molecule has 104 valence electrons. The number of carbonyl (C=O) groups excluding carboxylic acids is 1. The van der Waals surface area contributed by atoms with Gasteiger partial charge in [-0.25, -0.2) is 4.79 Å². The van der Waals surface area contributed by atoms with Gasteiger partial charge < -0.3 is 10.4 Å². The molecule has 0 radical (unpaired) electrons. The Morgan fingerprint density at radius 3 is 2.65 bits per heavy atom. The van der Waals surface area contributed by atoms with Gasteiger partial charge >= 0.3 is 5.97 Å². The Kier molecular flexibility index (Phi) is 3.79. The van der Waals surface area contributed by atoms with Crippen LogP contribution in [0.2, 0.25) is 0 Å². The van der Waals surface area contributed by atoms with Crippen LogP contribution in [0, 0.1) is 6.92 Å². The number of aliphatic carboxylic acids is 1. The first kappa shape index (κ1) is 13.7. The Morgan fingerprint density at radius 2 is 2.10 bits per heavy atom. The minimum Gasteiger partial charge on any atom is -0.479 e. The molecule has 0 aliphatic rings. The molecule has 20 heavy (non-hydrogen) atoms. The highest BCUT2D eigenvalue weighted by Gasteiger charge is 2.24. The molecule has 0 spiro atoms. The largest absolute Gasteiger partial charge is 0.479 e. The molecule has 7 heteroatoms. The lowest BCUT2D eigenvalue weighted by atomic mass is 10.1. The lowest BCUT2D eigenvalue weighted by Gasteiger charge is -2.12. The molecule has 0 saturated heterocycles. The van der Waals surface area contributed by atoms with Gasteiger partial charge in [0.05, 0.1) is 11.8 Å². The molecule has 1 atom stereocenters. The van der Waals surface area contributed by atoms with E-state index in [0.717, 1.165) is 5.56 Å². The smallest absolute Gasteiger partial charge is 0.331 e. The number of aryl methyl sites for hydroxylation is 2. The topological polar surface area (TPSA) is 97.1 Å². The van der Waals surface area contributed by atoms with Crippen molar-refractivity contribution in [2.75, 3.05) is 0 Å². The number of hydrogen-bond donors (Lipinski definition) is 2. The number of carboxylic acid groups (broad SMARTS) is 1. The van der Waals surface area contributed by atoms with Crippen molar-refractivity contribution >= 4 is 11.9 Å². The lowest BCUT2D eigenvalue weighted by molar-refractivity contribution is -0.139. The SMILES string of the molecule is Cc1cncc(C(=O)NC(C(=O)O)c2cnn(C)c2)c1. The van der Waals surface area contributed by atoms with Gasteiger partial charge in [0.2, 0.25) is 0 Å². The van der Waals surface area contributed by atoms with Crippen LogP contribution in [0.3, 0.4) is 0 Å². The number of nitrogens with one attached hydrogen (secondary N) is 1. The van der Waals surface area contributed by atoms with E-state index in [4.69, 9.17) is 0 Å². The molecule has 0 bridgehead atoms. The summed E-state index contributed by atoms with van der Waals surface area (Å²) in [6.07, 6.45) is 5.97. The summed E-state index contributed by atoms with van der Waals surface area (Å²) in [5, 5.41) is 15.6. The van der Waals surface area contributed by atoms with Crippen LogP contribution in [0.5, 0.6) is 0 Å². The lowest BCUT2D eigenvalue weighted by Crippen LogP contribution is -2.33. The van der Waals surface area contributed by atoms with Crippen LogP contribution >= 0.6 is 0 Å². The number of carboxylic acids is 1. The number of amides is 1. The Morgan fingerprint density at radius 1 is 1.35 bits per heavy atom. The van der Waals surface area contributed by atoms with E-state index in [-0.39, 0.29) is 0 Å². The molecule has 2 rings (SSSR count). The van der Waals surface area contributed by atoms with Gasteiger partial charge in [-0.3, -0.25) is 14.5 Å². The molecular formula is C13H14N4O3. The van der Waals surface area contributed by atoms with Crippen LogP contribution in [0.1, 0.15) is 27.5 Å². The minimum atomic E-state index is -1.15. The van der Waals surface area contributed by atoms with E-state index < -0.39 is 17.9 Å². The first-order valence-electron chi connectivity index (χ1n) is 5.91. The van der Waals surface area contributed by atoms with Gasteiger partial charge in [0.15, 0.2) is 6.04 Å². The van der Waals surface area contributed by atoms with Crippen molar-refractivity contribution in [3.05, 3.63) is 47.5 Å². The van der Waals surface area contributed by atoms with E-state index >= 15 is 0 Å². The Bertz CT molecular complexity index is 651. The predicted octanol–water partition coefficient (Wildman–Crippen LogP) is 0.679. The number of pyridine rings is 1. The van der Waals surface area contributed by atoms with Crippen LogP contribution < -0.4 is 5.32 Å². The number of aromatic nitrogens is 3. The Hall–Kier alpha value is -2.70. The number of nitrogens with zero attached hydrogens (tertiary/aromatic N) is 3. The molecule has 0 aliphatic heterocycles. The summed E-state index contributed by atoms with van der Waals surface area (Å²) in [6.45, 7) is 1.81. The maximum Gasteiger partial charge on any atom is 0.331 e. The molecule has 2 aromatic heterocycles. The van der Waals surface area contributed by atoms with E-state index in [9.17, 15) is 14.7 Å². The summed E-state index contributed by atoms with van der Waals surface area (Å²) in [5.74, 6) is -1.63. The predicted molar refractivity (Wildman–Crippen MR) is 70.0 cm³/mol. The third kappa shape index (κ3) is 3.00. The molecule has 0 fully saturated rings. The van der Waals surface area contributed by atoms with Crippen LogP contribution in [-0.4, -0.2) is 31.7 Å². The first-order valence-corrected chi connectivity index (χ1v) is 5.91. The third-order valence-electron chi connectivity index (χ3n) is 2.72. The van der Waals surface area contributed by atoms with Crippen LogP contribution in [0.15, 0.2) is 30.9 Å². The summed E-state index contributed by atoms with van der Waals surface area (Å²) in [5.41, 5.74) is 1.56. The fraction of sp³-hybridized carbons (Fsp3) is 0.231. The van der Waals surface area contributed by atoms with Crippen molar-refractivity contribution in [1.82, 2.24) is 20.1 Å². The van der Waals surface area contributed by atoms with Gasteiger partial charge in [-0.1, -0.05) is 0 Å². The van der Waals surface area contributed by atoms with E-state index in [0.29, 0.717) is 11.1 Å². The summed E-state index contributed by atoms with van der Waals surface area (Å²) in [6, 6.07) is 0.501. The maximum absolute atomic E-state index is 12.1. The average Bonchev–Trinajstić information content (AvgIpc) is 2.81. The molecule has 1 amide bonds. The highest BCUT2D eigenvalue weighted by atomic mass is 16.4. The van der Waals surface area contributed by atoms with Crippen molar-refractivity contribution in [1.29, 1.82) is 0 Å². The summed E-state index contributed by atoms with van der Waals surface area (Å²) in [7, 11) is 1.68. The van der Waals surface area contributed by atoms with Crippen molar-refractivity contribution in [2.24, 2.45) is 7.05 Å². The van der Waals surface area contributed by atoms with Gasteiger partial charge in [0.25, 0.3) is 5.91 Å². The minimum absolute atomic E-state index is 0.320. The second kappa shape index (κ2) is 5.52. The molecule has 2 heterocycles. The molecule has 0 saturated carbocycles. The zero-order valence-corrected chi connectivity index (χ0v) is 11.1. The van der Waals surface area contributed by atoms with Crippen LogP contribution in [-0.2, 0) is 11.8 Å². The Labute approximate surface area is 115 Å². The summed E-state index contributed by atoms with van der Waals surface area (Å²) < 4.78 is 1.48. The number of hydrogen-bond acceptors (Lipinski definition) is 4. The van der Waals surface area contributed by atoms with Crippen molar-refractivity contribution < 1.29 is 14.7 Å². The fourth-order valence-electron chi connectivity index (χ4n) is 1.77. The molecular weight excluding hydrogens is 260 g/mol. The van der Waals surface area contributed by atoms with Crippen molar-refractivity contribution in [3.63, 3.8) is 0 Å². The van der Waals surface area contributed by atoms with E-state index in [1.54, 1.807) is 32.4 Å². The van der Waals surface area contributed by atoms with Gasteiger partial charge in [0.1, 0.15) is 0 Å². The molecule has 0 aromatic carbocycles. The zero-order chi connectivity index (χ0) is 14.7. The van der Waals surface area contributed by atoms with Crippen molar-refractivity contribution in [2.45, 2.75) is 13.0 Å². The van der Waals surface area contributed by atoms with E-state index in [1.165, 1.54) is 17.1 Å². The zero-order valence-electron chi connectivity index (χ0n) is 11.1. The molecule has 7 nitrogen and oxygen atoms in total. The highest BCUT2D eigenvalue weighted by molar-refractivity contribution is 5.96. The number of rotatable bonds is 4. The quantitative estimate of drug-likeness (QED) is 0.854. The second-order valence-corrected chi connectivity index (χ2v) is 4.44. The van der Waals surface area contributed by atoms with E-state index in [2.05, 4.69) is 15.4 Å². The van der Waals surface area contributed by atoms with Gasteiger partial charge in [-0.2, -0.15) is 5.10 Å². The first-order chi connectivity index (χ1) is 9.47. The molecule has 0 aliphatic carbocycles. The highest BCUT2D eigenvalue weighted by Crippen LogP contribution is 2.13. The summed E-state index contributed by atoms with van der Waals surface area (Å²) >= 11 is 0. The Balaban J connectivity index is 2.21. The normalized spacial score (nSPS) is 11.9. The average molecular weight is 274 g/mol.